The van der Waals surface area contributed by atoms with Gasteiger partial charge >= 0.3 is 5.97 Å². The number of allylic oxidation sites excluding steroid dienone is 1. The second-order valence-corrected chi connectivity index (χ2v) is 7.80. The van der Waals surface area contributed by atoms with Gasteiger partial charge in [0.1, 0.15) is 6.26 Å². The van der Waals surface area contributed by atoms with E-state index in [0.717, 1.165) is 39.4 Å². The number of carbonyl (C=O) groups is 2. The van der Waals surface area contributed by atoms with Crippen LogP contribution in [0.4, 0.5) is 0 Å². The number of rotatable bonds is 5. The van der Waals surface area contributed by atoms with Crippen LogP contribution in [0.3, 0.4) is 0 Å². The number of hydrogen-bond donors (Lipinski definition) is 1. The van der Waals surface area contributed by atoms with Crippen LogP contribution in [-0.2, 0) is 33.8 Å². The van der Waals surface area contributed by atoms with Crippen LogP contribution in [0.2, 0.25) is 0 Å². The van der Waals surface area contributed by atoms with Gasteiger partial charge in [-0.3, -0.25) is 4.79 Å². The smallest absolute Gasteiger partial charge is 0.331 e. The van der Waals surface area contributed by atoms with Crippen molar-refractivity contribution in [2.24, 2.45) is 0 Å². The van der Waals surface area contributed by atoms with E-state index in [1.54, 1.807) is 17.6 Å². The predicted octanol–water partition coefficient (Wildman–Crippen LogP) is 3.46. The number of carboxylic acids is 1. The fourth-order valence-electron chi connectivity index (χ4n) is 3.67. The number of hydrogen-bond acceptors (Lipinski definition) is 6. The van der Waals surface area contributed by atoms with E-state index in [0.29, 0.717) is 37.5 Å². The monoisotopic (exact) mass is 373 g/mol. The summed E-state index contributed by atoms with van der Waals surface area (Å²) in [5.74, 6) is -0.555. The molecule has 1 aliphatic heterocycles. The fraction of sp³-hybridized carbons (Fsp3) is 0.421. The van der Waals surface area contributed by atoms with Crippen molar-refractivity contribution < 1.29 is 23.8 Å². The highest BCUT2D eigenvalue weighted by molar-refractivity contribution is 7.12. The maximum atomic E-state index is 12.8. The number of aliphatic carboxylic acids is 1. The van der Waals surface area contributed by atoms with Crippen molar-refractivity contribution in [2.45, 2.75) is 45.6 Å². The molecular formula is C19H19NO5S. The van der Waals surface area contributed by atoms with Gasteiger partial charge < -0.3 is 14.3 Å². The quantitative estimate of drug-likeness (QED) is 0.863. The van der Waals surface area contributed by atoms with E-state index in [9.17, 15) is 14.7 Å². The largest absolute Gasteiger partial charge is 0.478 e. The Morgan fingerprint density at radius 2 is 2.08 bits per heavy atom. The van der Waals surface area contributed by atoms with Crippen LogP contribution in [-0.4, -0.2) is 28.4 Å². The number of Topliss-reactive ketones (excluding diaryl/α,β-unsaturated/α-hetero) is 1. The van der Waals surface area contributed by atoms with E-state index in [1.807, 2.05) is 6.92 Å². The van der Waals surface area contributed by atoms with Gasteiger partial charge in [-0.15, -0.1) is 11.3 Å². The summed E-state index contributed by atoms with van der Waals surface area (Å²) in [5, 5.41) is 9.32. The molecule has 7 heteroatoms. The summed E-state index contributed by atoms with van der Waals surface area (Å²) < 4.78 is 11.2. The van der Waals surface area contributed by atoms with E-state index in [-0.39, 0.29) is 17.8 Å². The summed E-state index contributed by atoms with van der Waals surface area (Å²) in [6.45, 7) is 3.03. The molecule has 1 N–H and O–H groups in total. The molecule has 0 radical (unpaired) electrons. The van der Waals surface area contributed by atoms with Crippen molar-refractivity contribution in [2.75, 3.05) is 6.61 Å². The van der Waals surface area contributed by atoms with Crippen LogP contribution in [0.15, 0.2) is 21.8 Å². The molecule has 0 saturated carbocycles. The number of carbonyl (C=O) groups excluding carboxylic acids is 1. The number of oxazole rings is 1. The van der Waals surface area contributed by atoms with Crippen molar-refractivity contribution in [1.82, 2.24) is 4.98 Å². The third kappa shape index (κ3) is 3.01. The molecule has 0 unspecified atom stereocenters. The molecule has 2 aromatic rings. The first-order valence-corrected chi connectivity index (χ1v) is 9.48. The maximum Gasteiger partial charge on any atom is 0.331 e. The summed E-state index contributed by atoms with van der Waals surface area (Å²) in [5.41, 5.74) is 3.56. The Hall–Kier alpha value is -2.25. The van der Waals surface area contributed by atoms with Gasteiger partial charge in [-0.05, 0) is 38.2 Å². The topological polar surface area (TPSA) is 89.6 Å². The minimum absolute atomic E-state index is 0.107. The molecule has 6 nitrogen and oxygen atoms in total. The summed E-state index contributed by atoms with van der Waals surface area (Å²) in [7, 11) is 0. The Morgan fingerprint density at radius 1 is 1.27 bits per heavy atom. The maximum absolute atomic E-state index is 12.8. The highest BCUT2D eigenvalue weighted by Crippen LogP contribution is 2.40. The molecule has 1 aliphatic carbocycles. The van der Waals surface area contributed by atoms with E-state index in [4.69, 9.17) is 9.15 Å². The van der Waals surface area contributed by atoms with Gasteiger partial charge in [-0.2, -0.15) is 0 Å². The molecule has 3 heterocycles. The molecule has 2 aromatic heterocycles. The van der Waals surface area contributed by atoms with E-state index in [2.05, 4.69) is 4.98 Å². The number of nitrogens with zero attached hydrogens (tertiary/aromatic N) is 1. The molecule has 0 aromatic carbocycles. The van der Waals surface area contributed by atoms with E-state index >= 15 is 0 Å². The first kappa shape index (κ1) is 17.2. The molecule has 0 fully saturated rings. The van der Waals surface area contributed by atoms with Gasteiger partial charge in [0.2, 0.25) is 5.89 Å². The number of thiophene rings is 1. The first-order chi connectivity index (χ1) is 12.5. The summed E-state index contributed by atoms with van der Waals surface area (Å²) in [6, 6.07) is 0. The lowest BCUT2D eigenvalue weighted by atomic mass is 9.99. The summed E-state index contributed by atoms with van der Waals surface area (Å²) in [4.78, 5) is 30.6. The van der Waals surface area contributed by atoms with Crippen LogP contribution < -0.4 is 0 Å². The third-order valence-corrected chi connectivity index (χ3v) is 6.07. The highest BCUT2D eigenvalue weighted by atomic mass is 32.1. The Balaban J connectivity index is 1.73. The molecule has 4 rings (SSSR count). The zero-order valence-corrected chi connectivity index (χ0v) is 15.3. The van der Waals surface area contributed by atoms with Crippen LogP contribution >= 0.6 is 11.3 Å². The van der Waals surface area contributed by atoms with Gasteiger partial charge in [0.25, 0.3) is 0 Å². The van der Waals surface area contributed by atoms with Crippen LogP contribution in [0.1, 0.15) is 40.3 Å². The van der Waals surface area contributed by atoms with Crippen LogP contribution in [0.25, 0.3) is 11.5 Å². The number of aromatic nitrogens is 1. The molecule has 2 aliphatic rings. The first-order valence-electron chi connectivity index (χ1n) is 8.66. The van der Waals surface area contributed by atoms with Gasteiger partial charge in [0, 0.05) is 27.3 Å². The van der Waals surface area contributed by atoms with Crippen molar-refractivity contribution in [3.8, 4) is 11.5 Å². The molecule has 0 atom stereocenters. The third-order valence-electron chi connectivity index (χ3n) is 4.86. The number of carboxylic acid groups (broad SMARTS) is 1. The zero-order valence-electron chi connectivity index (χ0n) is 14.5. The lowest BCUT2D eigenvalue weighted by molar-refractivity contribution is -0.133. The second kappa shape index (κ2) is 6.81. The van der Waals surface area contributed by atoms with E-state index in [1.165, 1.54) is 0 Å². The van der Waals surface area contributed by atoms with Crippen molar-refractivity contribution in [3.05, 3.63) is 38.4 Å². The van der Waals surface area contributed by atoms with E-state index < -0.39 is 5.97 Å². The number of fused-ring (bicyclic) bond motifs is 1. The standard InChI is InChI=1S/C19H19NO5S/c1-10-8-25-18(20-10)17-13-5-6-24-9-16(13)26-15(17)7-14(21)11-3-2-4-12(11)19(22)23/h8H,2-7,9H2,1H3,(H,22,23). The summed E-state index contributed by atoms with van der Waals surface area (Å²) >= 11 is 1.55. The molecular weight excluding hydrogens is 354 g/mol. The summed E-state index contributed by atoms with van der Waals surface area (Å²) in [6.07, 6.45) is 4.29. The average Bonchev–Trinajstić information content (AvgIpc) is 3.31. The second-order valence-electron chi connectivity index (χ2n) is 6.61. The molecule has 136 valence electrons. The molecule has 0 bridgehead atoms. The minimum Gasteiger partial charge on any atom is -0.478 e. The number of ketones is 1. The van der Waals surface area contributed by atoms with Crippen molar-refractivity contribution in [1.29, 1.82) is 0 Å². The van der Waals surface area contributed by atoms with Crippen LogP contribution in [0, 0.1) is 6.92 Å². The number of ether oxygens (including phenoxy) is 1. The molecule has 0 amide bonds. The lowest BCUT2D eigenvalue weighted by Crippen LogP contribution is -2.10. The lowest BCUT2D eigenvalue weighted by Gasteiger charge is -2.12. The molecule has 0 saturated heterocycles. The Kier molecular flexibility index (Phi) is 4.50. The van der Waals surface area contributed by atoms with Gasteiger partial charge in [0.15, 0.2) is 5.78 Å². The zero-order chi connectivity index (χ0) is 18.3. The molecule has 0 spiro atoms. The number of aryl methyl sites for hydroxylation is 1. The Morgan fingerprint density at radius 3 is 2.81 bits per heavy atom. The normalized spacial score (nSPS) is 16.8. The SMILES string of the molecule is Cc1coc(-c2c(CC(=O)C3=C(C(=O)O)CCC3)sc3c2CCOC3)n1. The Labute approximate surface area is 154 Å². The van der Waals surface area contributed by atoms with Gasteiger partial charge in [0.05, 0.1) is 24.5 Å². The van der Waals surface area contributed by atoms with Crippen molar-refractivity contribution >= 4 is 23.1 Å². The van der Waals surface area contributed by atoms with Gasteiger partial charge in [-0.25, -0.2) is 9.78 Å². The fourth-order valence-corrected chi connectivity index (χ4v) is 4.95. The highest BCUT2D eigenvalue weighted by Gasteiger charge is 2.29. The van der Waals surface area contributed by atoms with Crippen LogP contribution in [0.5, 0.6) is 0 Å². The Bertz CT molecular complexity index is 921. The predicted molar refractivity (Wildman–Crippen MR) is 95.1 cm³/mol. The van der Waals surface area contributed by atoms with Crippen molar-refractivity contribution in [3.63, 3.8) is 0 Å². The molecule has 26 heavy (non-hydrogen) atoms. The minimum atomic E-state index is -0.978. The van der Waals surface area contributed by atoms with Gasteiger partial charge in [-0.1, -0.05) is 0 Å². The average molecular weight is 373 g/mol.